The molecule has 0 bridgehead atoms. The molecule has 13 rings (SSSR count). The molecule has 6 heterocycles. The first-order valence-electron chi connectivity index (χ1n) is 25.9. The molecule has 354 valence electrons. The summed E-state index contributed by atoms with van der Waals surface area (Å²) in [5.74, 6) is 0.848. The molecule has 0 atom stereocenters. The summed E-state index contributed by atoms with van der Waals surface area (Å²) < 4.78 is 7.27. The third kappa shape index (κ3) is 7.23. The number of nitrogens with zero attached hydrogens (tertiary/aromatic N) is 6. The van der Waals surface area contributed by atoms with Gasteiger partial charge in [-0.1, -0.05) is 143 Å². The summed E-state index contributed by atoms with van der Waals surface area (Å²) in [6, 6.07) is 56.0. The largest absolute Gasteiger partial charge is 0.310 e. The Hall–Kier alpha value is -8.74. The average molecular weight is 945 g/mol. The van der Waals surface area contributed by atoms with E-state index in [2.05, 4.69) is 228 Å². The predicted octanol–water partition coefficient (Wildman–Crippen LogP) is 17.4. The van der Waals surface area contributed by atoms with E-state index in [-0.39, 0.29) is 0 Å². The van der Waals surface area contributed by atoms with Gasteiger partial charge in [-0.15, -0.1) is 0 Å². The van der Waals surface area contributed by atoms with Gasteiger partial charge in [0.25, 0.3) is 0 Å². The first-order chi connectivity index (χ1) is 36.0. The molecule has 0 fully saturated rings. The van der Waals surface area contributed by atoms with Gasteiger partial charge >= 0.3 is 0 Å². The van der Waals surface area contributed by atoms with Crippen LogP contribution in [0.15, 0.2) is 218 Å². The number of fused-ring (bicyclic) bond motifs is 11. The fraction of sp³-hybridized carbons (Fsp3) is 0.134. The summed E-state index contributed by atoms with van der Waals surface area (Å²) in [5.41, 5.74) is 19.7. The maximum atomic E-state index is 5.61. The van der Waals surface area contributed by atoms with Crippen molar-refractivity contribution < 1.29 is 0 Å². The Bertz CT molecular complexity index is 4200. The molecule has 0 amide bonds. The predicted molar refractivity (Wildman–Crippen MR) is 309 cm³/mol. The first-order valence-corrected chi connectivity index (χ1v) is 25.9. The first kappa shape index (κ1) is 44.2. The van der Waals surface area contributed by atoms with Crippen molar-refractivity contribution in [2.45, 2.75) is 59.3 Å². The van der Waals surface area contributed by atoms with Gasteiger partial charge in [-0.2, -0.15) is 0 Å². The molecule has 6 nitrogen and oxygen atoms in total. The minimum atomic E-state index is 0.816. The Kier molecular flexibility index (Phi) is 11.0. The molecule has 0 spiro atoms. The van der Waals surface area contributed by atoms with Gasteiger partial charge in [-0.05, 0) is 140 Å². The lowest BCUT2D eigenvalue weighted by molar-refractivity contribution is 0.923. The smallest absolute Gasteiger partial charge is 0.138 e. The summed E-state index contributed by atoms with van der Waals surface area (Å²) in [6.07, 6.45) is 23.2. The second-order valence-electron chi connectivity index (χ2n) is 19.5. The van der Waals surface area contributed by atoms with Gasteiger partial charge in [-0.3, -0.25) is 9.55 Å². The SMILES string of the molecule is C=C/C=C\C(=C/C)n1c2ccccc2c2cc(-c3cccc(-n4c5ccc(CCC)cc5c5ccc6c7cc(CCC)ccc7n(C7=CC8=C(CC=C7)Cc7ccccc7N8c7ccccc7)c6c54)n3)ncc21. The summed E-state index contributed by atoms with van der Waals surface area (Å²) >= 11 is 0. The van der Waals surface area contributed by atoms with Crippen LogP contribution in [-0.2, 0) is 19.3 Å². The molecule has 11 aromatic rings. The van der Waals surface area contributed by atoms with Crippen molar-refractivity contribution in [1.29, 1.82) is 0 Å². The zero-order chi connectivity index (χ0) is 49.2. The van der Waals surface area contributed by atoms with E-state index in [9.17, 15) is 0 Å². The van der Waals surface area contributed by atoms with E-state index in [4.69, 9.17) is 9.97 Å². The van der Waals surface area contributed by atoms with E-state index in [1.807, 2.05) is 18.3 Å². The standard InChI is InChI=1S/C67H56N6/c1-5-9-23-48(8-4)70-60-30-16-14-27-51(60)56-42-58(68-43-64(56)70)57-28-18-31-65(69-57)73-62-37-33-45(20-7-3)39-55(62)53-35-34-52-54-38-44(19-6-2)32-36-61(54)72(66(52)67(53)73)50-26-17-22-47-40-46-21-13-15-29-59(46)71(63(47)41-50)49-24-11-10-12-25-49/h5,8-18,21,23-39,41-43H,1,6-7,19-20,22,40H2,2-4H3/b23-9-,48-8+. The third-order valence-corrected chi connectivity index (χ3v) is 15.1. The van der Waals surface area contributed by atoms with Gasteiger partial charge in [0.1, 0.15) is 5.82 Å². The fourth-order valence-corrected chi connectivity index (χ4v) is 11.9. The number of para-hydroxylation sites is 3. The van der Waals surface area contributed by atoms with Crippen LogP contribution in [0.5, 0.6) is 0 Å². The Labute approximate surface area is 426 Å². The highest BCUT2D eigenvalue weighted by atomic mass is 15.2. The lowest BCUT2D eigenvalue weighted by Gasteiger charge is -2.34. The minimum absolute atomic E-state index is 0.816. The second kappa shape index (κ2) is 18.1. The molecular formula is C67H56N6. The van der Waals surface area contributed by atoms with Gasteiger partial charge in [0, 0.05) is 60.8 Å². The van der Waals surface area contributed by atoms with E-state index in [1.54, 1.807) is 0 Å². The zero-order valence-corrected chi connectivity index (χ0v) is 41.7. The summed E-state index contributed by atoms with van der Waals surface area (Å²) in [4.78, 5) is 13.3. The number of hydrogen-bond acceptors (Lipinski definition) is 3. The monoisotopic (exact) mass is 944 g/mol. The van der Waals surface area contributed by atoms with Gasteiger partial charge in [0.2, 0.25) is 0 Å². The lowest BCUT2D eigenvalue weighted by Crippen LogP contribution is -2.23. The van der Waals surface area contributed by atoms with Crippen molar-refractivity contribution >= 4 is 88.2 Å². The average Bonchev–Trinajstić information content (AvgIpc) is 4.00. The van der Waals surface area contributed by atoms with Crippen LogP contribution < -0.4 is 4.90 Å². The normalized spacial score (nSPS) is 14.1. The highest BCUT2D eigenvalue weighted by molar-refractivity contribution is 6.24. The molecule has 6 aromatic carbocycles. The molecule has 6 heteroatoms. The van der Waals surface area contributed by atoms with Crippen LogP contribution in [0.1, 0.15) is 56.7 Å². The molecular weight excluding hydrogens is 889 g/mol. The topological polar surface area (TPSA) is 43.8 Å². The second-order valence-corrected chi connectivity index (χ2v) is 19.5. The van der Waals surface area contributed by atoms with Gasteiger partial charge in [0.15, 0.2) is 0 Å². The van der Waals surface area contributed by atoms with Crippen LogP contribution in [0.4, 0.5) is 11.4 Å². The van der Waals surface area contributed by atoms with E-state index in [1.165, 1.54) is 71.6 Å². The molecule has 73 heavy (non-hydrogen) atoms. The van der Waals surface area contributed by atoms with Crippen molar-refractivity contribution in [3.8, 4) is 17.2 Å². The summed E-state index contributed by atoms with van der Waals surface area (Å²) in [6.45, 7) is 10.5. The van der Waals surface area contributed by atoms with Gasteiger partial charge < -0.3 is 14.0 Å². The molecule has 0 unspecified atom stereocenters. The van der Waals surface area contributed by atoms with Crippen LogP contribution in [0.3, 0.4) is 0 Å². The number of aromatic nitrogens is 5. The van der Waals surface area contributed by atoms with Crippen LogP contribution in [0, 0.1) is 0 Å². The highest BCUT2D eigenvalue weighted by Gasteiger charge is 2.28. The number of benzene rings is 6. The zero-order valence-electron chi connectivity index (χ0n) is 41.7. The maximum Gasteiger partial charge on any atom is 0.138 e. The molecule has 0 saturated heterocycles. The molecule has 5 aromatic heterocycles. The van der Waals surface area contributed by atoms with Crippen molar-refractivity contribution in [3.05, 3.63) is 235 Å². The van der Waals surface area contributed by atoms with E-state index in [0.29, 0.717) is 0 Å². The quantitative estimate of drug-likeness (QED) is 0.121. The number of hydrogen-bond donors (Lipinski definition) is 0. The third-order valence-electron chi connectivity index (χ3n) is 15.1. The van der Waals surface area contributed by atoms with Crippen LogP contribution >= 0.6 is 0 Å². The molecule has 0 N–H and O–H groups in total. The van der Waals surface area contributed by atoms with Crippen molar-refractivity contribution in [2.75, 3.05) is 4.90 Å². The van der Waals surface area contributed by atoms with E-state index >= 15 is 0 Å². The molecule has 1 aliphatic carbocycles. The maximum absolute atomic E-state index is 5.61. The van der Waals surface area contributed by atoms with Crippen LogP contribution in [0.25, 0.3) is 94.0 Å². The number of allylic oxidation sites excluding steroid dienone is 10. The van der Waals surface area contributed by atoms with Crippen LogP contribution in [0.2, 0.25) is 0 Å². The molecule has 1 aliphatic heterocycles. The highest BCUT2D eigenvalue weighted by Crippen LogP contribution is 2.46. The Morgan fingerprint density at radius 1 is 0.630 bits per heavy atom. The van der Waals surface area contributed by atoms with Crippen molar-refractivity contribution in [3.63, 3.8) is 0 Å². The Morgan fingerprint density at radius 2 is 1.33 bits per heavy atom. The summed E-state index contributed by atoms with van der Waals surface area (Å²) in [5, 5.41) is 7.21. The van der Waals surface area contributed by atoms with Crippen molar-refractivity contribution in [2.24, 2.45) is 0 Å². The fourth-order valence-electron chi connectivity index (χ4n) is 11.9. The Morgan fingerprint density at radius 3 is 2.08 bits per heavy atom. The number of aryl methyl sites for hydroxylation is 2. The number of anilines is 2. The number of rotatable bonds is 11. The molecule has 2 aliphatic rings. The summed E-state index contributed by atoms with van der Waals surface area (Å²) in [7, 11) is 0. The lowest BCUT2D eigenvalue weighted by atomic mass is 9.93. The molecule has 0 saturated carbocycles. The van der Waals surface area contributed by atoms with Gasteiger partial charge in [-0.25, -0.2) is 4.98 Å². The van der Waals surface area contributed by atoms with E-state index in [0.717, 1.165) is 100 Å². The molecule has 0 radical (unpaired) electrons. The minimum Gasteiger partial charge on any atom is -0.310 e. The Balaban J connectivity index is 1.08. The van der Waals surface area contributed by atoms with Gasteiger partial charge in [0.05, 0.1) is 50.7 Å². The van der Waals surface area contributed by atoms with E-state index < -0.39 is 0 Å². The number of pyridine rings is 2. The van der Waals surface area contributed by atoms with Crippen LogP contribution in [-0.4, -0.2) is 23.7 Å². The van der Waals surface area contributed by atoms with Crippen molar-refractivity contribution in [1.82, 2.24) is 23.7 Å².